The number of para-hydroxylation sites is 1. The summed E-state index contributed by atoms with van der Waals surface area (Å²) in [5, 5.41) is 2.62. The van der Waals surface area contributed by atoms with Crippen LogP contribution in [0.2, 0.25) is 0 Å². The summed E-state index contributed by atoms with van der Waals surface area (Å²) < 4.78 is 10.6. The summed E-state index contributed by atoms with van der Waals surface area (Å²) in [5.41, 5.74) is -0.483. The number of carbonyl (C=O) groups is 1. The lowest BCUT2D eigenvalue weighted by atomic mass is 10.2. The minimum atomic E-state index is -0.483. The molecule has 18 heavy (non-hydrogen) atoms. The Bertz CT molecular complexity index is 401. The third kappa shape index (κ3) is 5.82. The first-order valence-corrected chi connectivity index (χ1v) is 6.21. The zero-order valence-electron chi connectivity index (χ0n) is 10.9. The van der Waals surface area contributed by atoms with Crippen LogP contribution in [0.25, 0.3) is 0 Å². The van der Waals surface area contributed by atoms with E-state index in [2.05, 4.69) is 17.9 Å². The predicted molar refractivity (Wildman–Crippen MR) is 73.4 cm³/mol. The van der Waals surface area contributed by atoms with E-state index >= 15 is 0 Å². The molecule has 100 valence electrons. The van der Waals surface area contributed by atoms with Gasteiger partial charge in [-0.3, -0.25) is 0 Å². The third-order valence-corrected chi connectivity index (χ3v) is 2.26. The molecule has 0 heterocycles. The van der Waals surface area contributed by atoms with Gasteiger partial charge >= 0.3 is 6.09 Å². The molecule has 0 aliphatic carbocycles. The minimum absolute atomic E-state index is 0.372. The number of nitrogens with one attached hydrogen (secondary N) is 1. The molecule has 0 unspecified atom stereocenters. The second-order valence-corrected chi connectivity index (χ2v) is 5.23. The van der Waals surface area contributed by atoms with Gasteiger partial charge in [-0.1, -0.05) is 12.1 Å². The third-order valence-electron chi connectivity index (χ3n) is 1.89. The lowest BCUT2D eigenvalue weighted by Gasteiger charge is -2.19. The second kappa shape index (κ2) is 6.54. The number of carbonyl (C=O) groups excluding carboxylic acids is 1. The zero-order valence-corrected chi connectivity index (χ0v) is 11.8. The predicted octanol–water partition coefficient (Wildman–Crippen LogP) is 2.88. The van der Waals surface area contributed by atoms with Crippen LogP contribution in [-0.4, -0.2) is 24.8 Å². The van der Waals surface area contributed by atoms with E-state index in [-0.39, 0.29) is 0 Å². The summed E-state index contributed by atoms with van der Waals surface area (Å²) in [6, 6.07) is 7.43. The van der Waals surface area contributed by atoms with E-state index in [0.717, 1.165) is 4.90 Å². The van der Waals surface area contributed by atoms with Gasteiger partial charge in [0.05, 0.1) is 6.54 Å². The van der Waals surface area contributed by atoms with Crippen molar-refractivity contribution in [2.24, 2.45) is 0 Å². The quantitative estimate of drug-likeness (QED) is 0.652. The first-order chi connectivity index (χ1) is 8.38. The van der Waals surface area contributed by atoms with Crippen LogP contribution in [0.3, 0.4) is 0 Å². The Balaban J connectivity index is 2.23. The summed E-state index contributed by atoms with van der Waals surface area (Å²) in [5.74, 6) is 0.701. The number of thiol groups is 1. The van der Waals surface area contributed by atoms with Gasteiger partial charge in [0.2, 0.25) is 0 Å². The van der Waals surface area contributed by atoms with Crippen molar-refractivity contribution < 1.29 is 14.3 Å². The van der Waals surface area contributed by atoms with Gasteiger partial charge in [0.25, 0.3) is 0 Å². The van der Waals surface area contributed by atoms with Crippen LogP contribution in [0, 0.1) is 0 Å². The number of hydrogen-bond donors (Lipinski definition) is 2. The first kappa shape index (κ1) is 14.7. The molecule has 0 atom stereocenters. The van der Waals surface area contributed by atoms with Crippen molar-refractivity contribution in [3.63, 3.8) is 0 Å². The van der Waals surface area contributed by atoms with Gasteiger partial charge < -0.3 is 14.8 Å². The molecular formula is C13H19NO3S. The SMILES string of the molecule is CC(C)(C)OC(=O)NCCOc1ccccc1S. The van der Waals surface area contributed by atoms with Crippen molar-refractivity contribution in [2.75, 3.05) is 13.2 Å². The molecule has 0 saturated heterocycles. The highest BCUT2D eigenvalue weighted by molar-refractivity contribution is 7.80. The summed E-state index contributed by atoms with van der Waals surface area (Å²) in [6.07, 6.45) is -0.440. The number of amides is 1. The monoisotopic (exact) mass is 269 g/mol. The maximum absolute atomic E-state index is 11.3. The molecule has 0 bridgehead atoms. The van der Waals surface area contributed by atoms with Crippen molar-refractivity contribution >= 4 is 18.7 Å². The van der Waals surface area contributed by atoms with E-state index in [0.29, 0.717) is 18.9 Å². The van der Waals surface area contributed by atoms with Crippen LogP contribution in [0.15, 0.2) is 29.2 Å². The molecule has 1 N–H and O–H groups in total. The van der Waals surface area contributed by atoms with Gasteiger partial charge in [0, 0.05) is 4.90 Å². The van der Waals surface area contributed by atoms with Crippen molar-refractivity contribution in [2.45, 2.75) is 31.3 Å². The average Bonchev–Trinajstić information content (AvgIpc) is 2.24. The fourth-order valence-corrected chi connectivity index (χ4v) is 1.43. The molecule has 4 nitrogen and oxygen atoms in total. The smallest absolute Gasteiger partial charge is 0.407 e. The van der Waals surface area contributed by atoms with Gasteiger partial charge in [-0.05, 0) is 32.9 Å². The van der Waals surface area contributed by atoms with E-state index < -0.39 is 11.7 Å². The Morgan fingerprint density at radius 3 is 2.61 bits per heavy atom. The van der Waals surface area contributed by atoms with Crippen molar-refractivity contribution in [3.05, 3.63) is 24.3 Å². The van der Waals surface area contributed by atoms with Gasteiger partial charge in [0.15, 0.2) is 0 Å². The van der Waals surface area contributed by atoms with E-state index in [1.807, 2.05) is 45.0 Å². The molecule has 1 amide bonds. The molecule has 0 aliphatic rings. The molecule has 1 aromatic rings. The molecular weight excluding hydrogens is 250 g/mol. The molecule has 0 spiro atoms. The second-order valence-electron chi connectivity index (χ2n) is 4.74. The topological polar surface area (TPSA) is 47.6 Å². The molecule has 0 radical (unpaired) electrons. The van der Waals surface area contributed by atoms with Crippen molar-refractivity contribution in [3.8, 4) is 5.75 Å². The van der Waals surface area contributed by atoms with Crippen LogP contribution >= 0.6 is 12.6 Å². The van der Waals surface area contributed by atoms with Crippen LogP contribution in [-0.2, 0) is 4.74 Å². The molecule has 5 heteroatoms. The minimum Gasteiger partial charge on any atom is -0.491 e. The number of rotatable bonds is 4. The highest BCUT2D eigenvalue weighted by Crippen LogP contribution is 2.20. The zero-order chi connectivity index (χ0) is 13.6. The van der Waals surface area contributed by atoms with Gasteiger partial charge in [-0.2, -0.15) is 0 Å². The highest BCUT2D eigenvalue weighted by Gasteiger charge is 2.15. The summed E-state index contributed by atoms with van der Waals surface area (Å²) >= 11 is 4.26. The number of benzene rings is 1. The Kier molecular flexibility index (Phi) is 5.34. The lowest BCUT2D eigenvalue weighted by Crippen LogP contribution is -2.34. The fraction of sp³-hybridized carbons (Fsp3) is 0.462. The maximum atomic E-state index is 11.3. The number of alkyl carbamates (subject to hydrolysis) is 1. The first-order valence-electron chi connectivity index (χ1n) is 5.76. The normalized spacial score (nSPS) is 10.9. The van der Waals surface area contributed by atoms with Gasteiger partial charge in [0.1, 0.15) is 18.0 Å². The molecule has 1 aromatic carbocycles. The van der Waals surface area contributed by atoms with Crippen LogP contribution in [0.5, 0.6) is 5.75 Å². The Morgan fingerprint density at radius 2 is 2.00 bits per heavy atom. The van der Waals surface area contributed by atoms with E-state index in [1.54, 1.807) is 0 Å². The number of hydrogen-bond acceptors (Lipinski definition) is 4. The fourth-order valence-electron chi connectivity index (χ4n) is 1.21. The molecule has 0 aliphatic heterocycles. The standard InChI is InChI=1S/C13H19NO3S/c1-13(2,3)17-12(15)14-8-9-16-10-6-4-5-7-11(10)18/h4-7,18H,8-9H2,1-3H3,(H,14,15). The van der Waals surface area contributed by atoms with Gasteiger partial charge in [-0.15, -0.1) is 12.6 Å². The largest absolute Gasteiger partial charge is 0.491 e. The van der Waals surface area contributed by atoms with Crippen LogP contribution in [0.4, 0.5) is 4.79 Å². The Hall–Kier alpha value is -1.36. The van der Waals surface area contributed by atoms with Crippen molar-refractivity contribution in [1.82, 2.24) is 5.32 Å². The molecule has 0 fully saturated rings. The van der Waals surface area contributed by atoms with E-state index in [1.165, 1.54) is 0 Å². The van der Waals surface area contributed by atoms with Crippen LogP contribution in [0.1, 0.15) is 20.8 Å². The average molecular weight is 269 g/mol. The van der Waals surface area contributed by atoms with E-state index in [4.69, 9.17) is 9.47 Å². The molecule has 0 aromatic heterocycles. The van der Waals surface area contributed by atoms with E-state index in [9.17, 15) is 4.79 Å². The van der Waals surface area contributed by atoms with Gasteiger partial charge in [-0.25, -0.2) is 4.79 Å². The molecule has 0 saturated carbocycles. The summed E-state index contributed by atoms with van der Waals surface area (Å²) in [7, 11) is 0. The maximum Gasteiger partial charge on any atom is 0.407 e. The Morgan fingerprint density at radius 1 is 1.33 bits per heavy atom. The Labute approximate surface area is 113 Å². The summed E-state index contributed by atoms with van der Waals surface area (Å²) in [6.45, 7) is 6.22. The molecule has 1 rings (SSSR count). The highest BCUT2D eigenvalue weighted by atomic mass is 32.1. The van der Waals surface area contributed by atoms with Crippen LogP contribution < -0.4 is 10.1 Å². The number of ether oxygens (including phenoxy) is 2. The lowest BCUT2D eigenvalue weighted by molar-refractivity contribution is 0.0520. The van der Waals surface area contributed by atoms with Crippen molar-refractivity contribution in [1.29, 1.82) is 0 Å². The summed E-state index contributed by atoms with van der Waals surface area (Å²) in [4.78, 5) is 12.1.